The van der Waals surface area contributed by atoms with Gasteiger partial charge in [0, 0.05) is 41.8 Å². The van der Waals surface area contributed by atoms with Crippen LogP contribution in [0.1, 0.15) is 37.8 Å². The summed E-state index contributed by atoms with van der Waals surface area (Å²) in [5, 5.41) is 15.7. The predicted molar refractivity (Wildman–Crippen MR) is 140 cm³/mol. The normalized spacial score (nSPS) is 17.9. The summed E-state index contributed by atoms with van der Waals surface area (Å²) in [4.78, 5) is 8.82. The molecule has 6 rings (SSSR count). The van der Waals surface area contributed by atoms with Crippen molar-refractivity contribution in [2.75, 3.05) is 5.32 Å². The molecule has 1 aromatic carbocycles. The number of aryl methyl sites for hydroxylation is 1. The quantitative estimate of drug-likeness (QED) is 0.347. The summed E-state index contributed by atoms with van der Waals surface area (Å²) < 4.78 is 9.72. The Bertz CT molecular complexity index is 1580. The van der Waals surface area contributed by atoms with Crippen molar-refractivity contribution in [2.24, 2.45) is 0 Å². The average molecular weight is 481 g/mol. The first-order valence-electron chi connectivity index (χ1n) is 12.2. The number of hydrogen-bond acceptors (Lipinski definition) is 7. The summed E-state index contributed by atoms with van der Waals surface area (Å²) >= 11 is 0. The van der Waals surface area contributed by atoms with E-state index in [4.69, 9.17) is 4.74 Å². The Morgan fingerprint density at radius 3 is 2.75 bits per heavy atom. The summed E-state index contributed by atoms with van der Waals surface area (Å²) in [6, 6.07) is 12.7. The van der Waals surface area contributed by atoms with E-state index < -0.39 is 0 Å². The highest BCUT2D eigenvalue weighted by molar-refractivity contribution is 5.88. The monoisotopic (exact) mass is 480 g/mol. The van der Waals surface area contributed by atoms with Gasteiger partial charge in [-0.15, -0.1) is 0 Å². The molecule has 1 aliphatic heterocycles. The van der Waals surface area contributed by atoms with Gasteiger partial charge in [-0.05, 0) is 68.2 Å². The SMILES string of the molecule is CCC1C=C(c2ccn3ncnc(Nc4ccc(Oc5ccn6ncnc6c5)c(C)c4)c23)CC(C)N1. The van der Waals surface area contributed by atoms with Crippen molar-refractivity contribution in [3.8, 4) is 11.5 Å². The lowest BCUT2D eigenvalue weighted by Gasteiger charge is -2.27. The minimum absolute atomic E-state index is 0.375. The van der Waals surface area contributed by atoms with Crippen molar-refractivity contribution in [1.29, 1.82) is 0 Å². The van der Waals surface area contributed by atoms with Gasteiger partial charge in [-0.3, -0.25) is 0 Å². The Hall–Kier alpha value is -4.24. The maximum Gasteiger partial charge on any atom is 0.158 e. The molecule has 4 aromatic heterocycles. The molecule has 9 nitrogen and oxygen atoms in total. The van der Waals surface area contributed by atoms with Crippen LogP contribution in [-0.4, -0.2) is 41.3 Å². The van der Waals surface area contributed by atoms with Crippen LogP contribution in [0, 0.1) is 6.92 Å². The van der Waals surface area contributed by atoms with Crippen molar-refractivity contribution in [3.63, 3.8) is 0 Å². The molecule has 2 atom stereocenters. The van der Waals surface area contributed by atoms with Crippen LogP contribution in [-0.2, 0) is 0 Å². The molecule has 182 valence electrons. The van der Waals surface area contributed by atoms with E-state index in [0.717, 1.165) is 46.8 Å². The summed E-state index contributed by atoms with van der Waals surface area (Å²) in [6.07, 6.45) is 11.3. The van der Waals surface area contributed by atoms with Crippen LogP contribution >= 0.6 is 0 Å². The minimum Gasteiger partial charge on any atom is -0.457 e. The fourth-order valence-electron chi connectivity index (χ4n) is 4.82. The number of aromatic nitrogens is 6. The van der Waals surface area contributed by atoms with E-state index in [1.54, 1.807) is 10.8 Å². The third-order valence-corrected chi connectivity index (χ3v) is 6.58. The van der Waals surface area contributed by atoms with Crippen LogP contribution in [0.15, 0.2) is 67.5 Å². The lowest BCUT2D eigenvalue weighted by Crippen LogP contribution is -2.38. The Labute approximate surface area is 208 Å². The second-order valence-corrected chi connectivity index (χ2v) is 9.24. The molecule has 2 unspecified atom stereocenters. The van der Waals surface area contributed by atoms with E-state index in [2.05, 4.69) is 62.9 Å². The molecule has 5 aromatic rings. The van der Waals surface area contributed by atoms with Crippen molar-refractivity contribution in [3.05, 3.63) is 78.6 Å². The van der Waals surface area contributed by atoms with Gasteiger partial charge in [0.2, 0.25) is 0 Å². The van der Waals surface area contributed by atoms with E-state index in [0.29, 0.717) is 17.8 Å². The molecule has 0 bridgehead atoms. The Balaban J connectivity index is 1.29. The highest BCUT2D eigenvalue weighted by Crippen LogP contribution is 2.34. The Morgan fingerprint density at radius 1 is 1.06 bits per heavy atom. The molecule has 0 fully saturated rings. The summed E-state index contributed by atoms with van der Waals surface area (Å²) in [6.45, 7) is 6.47. The Morgan fingerprint density at radius 2 is 1.89 bits per heavy atom. The molecular weight excluding hydrogens is 452 g/mol. The van der Waals surface area contributed by atoms with Crippen molar-refractivity contribution in [2.45, 2.75) is 45.7 Å². The van der Waals surface area contributed by atoms with E-state index >= 15 is 0 Å². The largest absolute Gasteiger partial charge is 0.457 e. The first-order chi connectivity index (χ1) is 17.6. The lowest BCUT2D eigenvalue weighted by atomic mass is 9.93. The van der Waals surface area contributed by atoms with Crippen LogP contribution in [0.5, 0.6) is 11.5 Å². The highest BCUT2D eigenvalue weighted by atomic mass is 16.5. The van der Waals surface area contributed by atoms with Crippen LogP contribution in [0.3, 0.4) is 0 Å². The van der Waals surface area contributed by atoms with E-state index in [1.165, 1.54) is 17.5 Å². The van der Waals surface area contributed by atoms with Gasteiger partial charge in [-0.1, -0.05) is 13.0 Å². The number of ether oxygens (including phenoxy) is 1. The van der Waals surface area contributed by atoms with Gasteiger partial charge in [0.15, 0.2) is 11.5 Å². The van der Waals surface area contributed by atoms with Gasteiger partial charge < -0.3 is 15.4 Å². The minimum atomic E-state index is 0.375. The van der Waals surface area contributed by atoms with Crippen LogP contribution in [0.4, 0.5) is 11.5 Å². The van der Waals surface area contributed by atoms with Crippen molar-refractivity contribution >= 4 is 28.2 Å². The molecule has 0 amide bonds. The molecule has 0 aliphatic carbocycles. The van der Waals surface area contributed by atoms with Gasteiger partial charge in [0.05, 0.1) is 0 Å². The Kier molecular flexibility index (Phi) is 5.61. The number of benzene rings is 1. The number of pyridine rings is 1. The molecule has 5 heterocycles. The van der Waals surface area contributed by atoms with Gasteiger partial charge in [0.1, 0.15) is 29.7 Å². The van der Waals surface area contributed by atoms with E-state index in [1.807, 2.05) is 48.1 Å². The fourth-order valence-corrected chi connectivity index (χ4v) is 4.82. The standard InChI is InChI=1S/C27H28N8O/c1-4-20-13-19(12-18(3)32-20)23-8-10-35-26(23)27(29-16-31-35)33-21-5-6-24(17(2)11-21)36-22-7-9-34-25(14-22)28-15-30-34/h5-11,13-16,18,20,32H,4,12H2,1-3H3,(H,29,31,33). The number of nitrogens with zero attached hydrogens (tertiary/aromatic N) is 6. The average Bonchev–Trinajstić information content (AvgIpc) is 3.53. The molecule has 2 N–H and O–H groups in total. The predicted octanol–water partition coefficient (Wildman–Crippen LogP) is 5.16. The summed E-state index contributed by atoms with van der Waals surface area (Å²) in [5.74, 6) is 2.26. The van der Waals surface area contributed by atoms with Crippen LogP contribution < -0.4 is 15.4 Å². The van der Waals surface area contributed by atoms with E-state index in [9.17, 15) is 0 Å². The van der Waals surface area contributed by atoms with Crippen LogP contribution in [0.25, 0.3) is 16.7 Å². The smallest absolute Gasteiger partial charge is 0.158 e. The molecular formula is C27H28N8O. The maximum atomic E-state index is 6.13. The summed E-state index contributed by atoms with van der Waals surface area (Å²) in [5.41, 5.74) is 6.15. The highest BCUT2D eigenvalue weighted by Gasteiger charge is 2.21. The number of anilines is 2. The van der Waals surface area contributed by atoms with E-state index in [-0.39, 0.29) is 0 Å². The second-order valence-electron chi connectivity index (χ2n) is 9.24. The summed E-state index contributed by atoms with van der Waals surface area (Å²) in [7, 11) is 0. The number of fused-ring (bicyclic) bond motifs is 2. The third-order valence-electron chi connectivity index (χ3n) is 6.58. The third kappa shape index (κ3) is 4.18. The fraction of sp³-hybridized carbons (Fsp3) is 0.259. The second kappa shape index (κ2) is 9.09. The van der Waals surface area contributed by atoms with Gasteiger partial charge in [-0.2, -0.15) is 10.2 Å². The molecule has 36 heavy (non-hydrogen) atoms. The number of rotatable bonds is 6. The maximum absolute atomic E-state index is 6.13. The molecule has 0 spiro atoms. The molecule has 9 heteroatoms. The molecule has 0 saturated heterocycles. The number of nitrogens with one attached hydrogen (secondary N) is 2. The van der Waals surface area contributed by atoms with Gasteiger partial charge in [-0.25, -0.2) is 19.0 Å². The number of hydrogen-bond donors (Lipinski definition) is 2. The van der Waals surface area contributed by atoms with Crippen molar-refractivity contribution < 1.29 is 4.74 Å². The first kappa shape index (κ1) is 22.2. The van der Waals surface area contributed by atoms with Crippen molar-refractivity contribution in [1.82, 2.24) is 34.5 Å². The van der Waals surface area contributed by atoms with Crippen LogP contribution in [0.2, 0.25) is 0 Å². The zero-order chi connectivity index (χ0) is 24.6. The molecule has 0 radical (unpaired) electrons. The molecule has 0 saturated carbocycles. The zero-order valence-corrected chi connectivity index (χ0v) is 20.5. The topological polar surface area (TPSA) is 93.7 Å². The lowest BCUT2D eigenvalue weighted by molar-refractivity contribution is 0.476. The molecule has 1 aliphatic rings. The zero-order valence-electron chi connectivity index (χ0n) is 20.5. The van der Waals surface area contributed by atoms with Gasteiger partial charge in [0.25, 0.3) is 0 Å². The first-order valence-corrected chi connectivity index (χ1v) is 12.2. The van der Waals surface area contributed by atoms with Gasteiger partial charge >= 0.3 is 0 Å².